The van der Waals surface area contributed by atoms with Crippen LogP contribution in [0.4, 0.5) is 14.5 Å². The van der Waals surface area contributed by atoms with E-state index in [1.54, 1.807) is 0 Å². The number of aromatic carboxylic acids is 1. The first kappa shape index (κ1) is 16.2. The number of benzene rings is 2. The summed E-state index contributed by atoms with van der Waals surface area (Å²) in [6, 6.07) is 5.70. The van der Waals surface area contributed by atoms with Crippen LogP contribution in [0, 0.1) is 11.6 Å². The number of carbonyl (C=O) groups is 1. The van der Waals surface area contributed by atoms with Gasteiger partial charge in [-0.1, -0.05) is 17.7 Å². The lowest BCUT2D eigenvalue weighted by Crippen LogP contribution is -2.17. The SMILES string of the molecule is O=C(O)c1c(F)cccc1NS(=O)(=O)c1ccc(F)cc1Cl. The molecular weight excluding hydrogens is 340 g/mol. The quantitative estimate of drug-likeness (QED) is 0.890. The maximum atomic E-state index is 13.5. The summed E-state index contributed by atoms with van der Waals surface area (Å²) in [5.74, 6) is -3.47. The van der Waals surface area contributed by atoms with E-state index in [-0.39, 0.29) is 5.02 Å². The lowest BCUT2D eigenvalue weighted by molar-refractivity contribution is 0.0693. The fourth-order valence-corrected chi connectivity index (χ4v) is 3.32. The van der Waals surface area contributed by atoms with Crippen molar-refractivity contribution >= 4 is 33.3 Å². The van der Waals surface area contributed by atoms with Crippen molar-refractivity contribution in [2.45, 2.75) is 4.90 Å². The van der Waals surface area contributed by atoms with Crippen molar-refractivity contribution in [1.29, 1.82) is 0 Å². The van der Waals surface area contributed by atoms with E-state index in [0.29, 0.717) is 0 Å². The van der Waals surface area contributed by atoms with Gasteiger partial charge in [0.1, 0.15) is 22.1 Å². The zero-order valence-corrected chi connectivity index (χ0v) is 12.3. The van der Waals surface area contributed by atoms with E-state index < -0.39 is 43.8 Å². The van der Waals surface area contributed by atoms with E-state index in [9.17, 15) is 22.0 Å². The molecule has 0 spiro atoms. The molecule has 0 amide bonds. The summed E-state index contributed by atoms with van der Waals surface area (Å²) in [6.45, 7) is 0. The highest BCUT2D eigenvalue weighted by atomic mass is 35.5. The van der Waals surface area contributed by atoms with Gasteiger partial charge in [-0.2, -0.15) is 0 Å². The molecule has 0 unspecified atom stereocenters. The molecule has 22 heavy (non-hydrogen) atoms. The first-order valence-electron chi connectivity index (χ1n) is 5.72. The third kappa shape index (κ3) is 3.18. The molecule has 2 aromatic carbocycles. The Morgan fingerprint density at radius 1 is 1.18 bits per heavy atom. The van der Waals surface area contributed by atoms with E-state index in [1.165, 1.54) is 0 Å². The maximum Gasteiger partial charge on any atom is 0.340 e. The minimum atomic E-state index is -4.31. The normalized spacial score (nSPS) is 11.2. The molecule has 0 heterocycles. The van der Waals surface area contributed by atoms with Gasteiger partial charge in [0, 0.05) is 0 Å². The average molecular weight is 348 g/mol. The molecule has 0 saturated carbocycles. The Labute approximate surface area is 129 Å². The van der Waals surface area contributed by atoms with Crippen LogP contribution in [-0.2, 0) is 10.0 Å². The number of rotatable bonds is 4. The minimum Gasteiger partial charge on any atom is -0.478 e. The summed E-state index contributed by atoms with van der Waals surface area (Å²) in [5, 5.41) is 8.57. The molecule has 116 valence electrons. The highest BCUT2D eigenvalue weighted by Crippen LogP contribution is 2.27. The fourth-order valence-electron chi connectivity index (χ4n) is 1.72. The van der Waals surface area contributed by atoms with Crippen molar-refractivity contribution in [3.05, 3.63) is 58.6 Å². The number of halogens is 3. The van der Waals surface area contributed by atoms with Crippen molar-refractivity contribution in [3.8, 4) is 0 Å². The van der Waals surface area contributed by atoms with Crippen LogP contribution >= 0.6 is 11.6 Å². The number of hydrogen-bond donors (Lipinski definition) is 2. The Bertz CT molecular complexity index is 855. The van der Waals surface area contributed by atoms with E-state index in [0.717, 1.165) is 36.4 Å². The van der Waals surface area contributed by atoms with Crippen LogP contribution in [0.3, 0.4) is 0 Å². The number of anilines is 1. The van der Waals surface area contributed by atoms with E-state index in [2.05, 4.69) is 0 Å². The Morgan fingerprint density at radius 2 is 1.86 bits per heavy atom. The van der Waals surface area contributed by atoms with Gasteiger partial charge in [0.05, 0.1) is 10.7 Å². The predicted octanol–water partition coefficient (Wildman–Crippen LogP) is 3.12. The maximum absolute atomic E-state index is 13.5. The summed E-state index contributed by atoms with van der Waals surface area (Å²) >= 11 is 5.66. The molecule has 9 heteroatoms. The van der Waals surface area contributed by atoms with E-state index >= 15 is 0 Å². The largest absolute Gasteiger partial charge is 0.478 e. The number of carboxylic acid groups (broad SMARTS) is 1. The number of sulfonamides is 1. The standard InChI is InChI=1S/C13H8ClF2NO4S/c14-8-6-7(15)4-5-11(8)22(20,21)17-10-3-1-2-9(16)12(10)13(18)19/h1-6,17H,(H,18,19). The Kier molecular flexibility index (Phi) is 4.34. The van der Waals surface area contributed by atoms with E-state index in [1.807, 2.05) is 4.72 Å². The fraction of sp³-hybridized carbons (Fsp3) is 0. The van der Waals surface area contributed by atoms with Crippen molar-refractivity contribution in [1.82, 2.24) is 0 Å². The highest BCUT2D eigenvalue weighted by molar-refractivity contribution is 7.92. The average Bonchev–Trinajstić information content (AvgIpc) is 2.36. The molecule has 0 radical (unpaired) electrons. The van der Waals surface area contributed by atoms with Gasteiger partial charge in [-0.25, -0.2) is 22.0 Å². The molecule has 0 aromatic heterocycles. The summed E-state index contributed by atoms with van der Waals surface area (Å²) in [4.78, 5) is 10.6. The van der Waals surface area contributed by atoms with Crippen molar-refractivity contribution in [3.63, 3.8) is 0 Å². The molecule has 0 aliphatic heterocycles. The third-order valence-corrected chi connectivity index (χ3v) is 4.50. The lowest BCUT2D eigenvalue weighted by Gasteiger charge is -2.12. The van der Waals surface area contributed by atoms with Crippen LogP contribution in [0.2, 0.25) is 5.02 Å². The lowest BCUT2D eigenvalue weighted by atomic mass is 10.2. The second kappa shape index (κ2) is 5.90. The molecule has 0 saturated heterocycles. The molecule has 0 aliphatic rings. The van der Waals surface area contributed by atoms with Gasteiger partial charge in [0.15, 0.2) is 0 Å². The molecule has 2 rings (SSSR count). The summed E-state index contributed by atoms with van der Waals surface area (Å²) < 4.78 is 52.8. The number of nitrogens with one attached hydrogen (secondary N) is 1. The predicted molar refractivity (Wildman–Crippen MR) is 75.6 cm³/mol. The molecule has 5 nitrogen and oxygen atoms in total. The number of hydrogen-bond acceptors (Lipinski definition) is 3. The van der Waals surface area contributed by atoms with Crippen molar-refractivity contribution in [2.24, 2.45) is 0 Å². The molecule has 0 bridgehead atoms. The molecule has 2 N–H and O–H groups in total. The second-order valence-electron chi connectivity index (χ2n) is 4.15. The first-order chi connectivity index (χ1) is 10.2. The smallest absolute Gasteiger partial charge is 0.340 e. The van der Waals surface area contributed by atoms with Gasteiger partial charge in [0.25, 0.3) is 10.0 Å². The Morgan fingerprint density at radius 3 is 2.45 bits per heavy atom. The van der Waals surface area contributed by atoms with Crippen molar-refractivity contribution in [2.75, 3.05) is 4.72 Å². The second-order valence-corrected chi connectivity index (χ2v) is 6.21. The molecule has 2 aromatic rings. The van der Waals surface area contributed by atoms with Gasteiger partial charge in [-0.15, -0.1) is 0 Å². The molecular formula is C13H8ClF2NO4S. The van der Waals surface area contributed by atoms with Crippen molar-refractivity contribution < 1.29 is 27.1 Å². The number of carboxylic acids is 1. The van der Waals surface area contributed by atoms with Crippen LogP contribution in [0.25, 0.3) is 0 Å². The van der Waals surface area contributed by atoms with Gasteiger partial charge < -0.3 is 5.11 Å². The monoisotopic (exact) mass is 347 g/mol. The topological polar surface area (TPSA) is 83.5 Å². The zero-order chi connectivity index (χ0) is 16.5. The van der Waals surface area contributed by atoms with E-state index in [4.69, 9.17) is 16.7 Å². The third-order valence-electron chi connectivity index (χ3n) is 2.66. The van der Waals surface area contributed by atoms with Crippen LogP contribution in [0.5, 0.6) is 0 Å². The van der Waals surface area contributed by atoms with Crippen LogP contribution in [-0.4, -0.2) is 19.5 Å². The molecule has 0 fully saturated rings. The van der Waals surface area contributed by atoms with Gasteiger partial charge in [-0.3, -0.25) is 4.72 Å². The van der Waals surface area contributed by atoms with Gasteiger partial charge in [0.2, 0.25) is 0 Å². The van der Waals surface area contributed by atoms with Crippen LogP contribution < -0.4 is 4.72 Å². The Hall–Kier alpha value is -2.19. The highest BCUT2D eigenvalue weighted by Gasteiger charge is 2.23. The zero-order valence-electron chi connectivity index (χ0n) is 10.7. The molecule has 0 aliphatic carbocycles. The summed E-state index contributed by atoms with van der Waals surface area (Å²) in [6.07, 6.45) is 0. The van der Waals surface area contributed by atoms with Gasteiger partial charge in [-0.05, 0) is 30.3 Å². The van der Waals surface area contributed by atoms with Gasteiger partial charge >= 0.3 is 5.97 Å². The minimum absolute atomic E-state index is 0.388. The van der Waals surface area contributed by atoms with Crippen LogP contribution in [0.1, 0.15) is 10.4 Å². The summed E-state index contributed by atoms with van der Waals surface area (Å²) in [7, 11) is -4.31. The molecule has 0 atom stereocenters. The van der Waals surface area contributed by atoms with Crippen LogP contribution in [0.15, 0.2) is 41.3 Å². The summed E-state index contributed by atoms with van der Waals surface area (Å²) in [5.41, 5.74) is -1.29. The first-order valence-corrected chi connectivity index (χ1v) is 7.58. The Balaban J connectivity index is 2.50.